The quantitative estimate of drug-likeness (QED) is 0.492. The standard InChI is InChI=1S/C8H13Cl.C2H6/c1-5-3-6-7(4-5)8(6,2)9;1-2/h5-7H,3-4H2,1-2H3;1-2H3. The third-order valence-electron chi connectivity index (χ3n) is 3.14. The van der Waals surface area contributed by atoms with Gasteiger partial charge in [0.1, 0.15) is 0 Å². The molecule has 0 spiro atoms. The van der Waals surface area contributed by atoms with Crippen molar-refractivity contribution in [3.63, 3.8) is 0 Å². The summed E-state index contributed by atoms with van der Waals surface area (Å²) in [5, 5.41) is 0. The minimum atomic E-state index is 0.215. The lowest BCUT2D eigenvalue weighted by molar-refractivity contribution is 0.500. The van der Waals surface area contributed by atoms with Crippen molar-refractivity contribution in [2.24, 2.45) is 17.8 Å². The smallest absolute Gasteiger partial charge is 0.0481 e. The van der Waals surface area contributed by atoms with Crippen molar-refractivity contribution in [1.82, 2.24) is 0 Å². The molecule has 2 rings (SSSR count). The predicted molar refractivity (Wildman–Crippen MR) is 51.0 cm³/mol. The zero-order chi connectivity index (χ0) is 8.65. The fourth-order valence-electron chi connectivity index (χ4n) is 2.41. The number of hydrogen-bond acceptors (Lipinski definition) is 0. The lowest BCUT2D eigenvalue weighted by Gasteiger charge is -2.09. The molecule has 0 N–H and O–H groups in total. The van der Waals surface area contributed by atoms with Gasteiger partial charge in [-0.1, -0.05) is 20.8 Å². The molecule has 2 fully saturated rings. The highest BCUT2D eigenvalue weighted by molar-refractivity contribution is 6.26. The number of rotatable bonds is 0. The second kappa shape index (κ2) is 2.97. The van der Waals surface area contributed by atoms with Crippen LogP contribution in [0.5, 0.6) is 0 Å². The van der Waals surface area contributed by atoms with Crippen molar-refractivity contribution in [2.75, 3.05) is 0 Å². The summed E-state index contributed by atoms with van der Waals surface area (Å²) in [7, 11) is 0. The molecule has 0 nitrogen and oxygen atoms in total. The van der Waals surface area contributed by atoms with E-state index in [1.165, 1.54) is 12.8 Å². The molecule has 2 atom stereocenters. The van der Waals surface area contributed by atoms with Gasteiger partial charge < -0.3 is 0 Å². The van der Waals surface area contributed by atoms with Crippen molar-refractivity contribution < 1.29 is 0 Å². The topological polar surface area (TPSA) is 0 Å². The Bertz CT molecular complexity index is 126. The fourth-order valence-corrected chi connectivity index (χ4v) is 2.83. The zero-order valence-electron chi connectivity index (χ0n) is 8.02. The Labute approximate surface area is 75.3 Å². The largest absolute Gasteiger partial charge is 0.119 e. The van der Waals surface area contributed by atoms with Gasteiger partial charge in [0.05, 0.1) is 0 Å². The third kappa shape index (κ3) is 1.42. The molecule has 0 aliphatic heterocycles. The highest BCUT2D eigenvalue weighted by Crippen LogP contribution is 2.65. The van der Waals surface area contributed by atoms with Crippen LogP contribution in [0.1, 0.15) is 40.5 Å². The van der Waals surface area contributed by atoms with Gasteiger partial charge in [-0.25, -0.2) is 0 Å². The van der Waals surface area contributed by atoms with E-state index < -0.39 is 0 Å². The highest BCUT2D eigenvalue weighted by atomic mass is 35.5. The van der Waals surface area contributed by atoms with Crippen molar-refractivity contribution >= 4 is 11.6 Å². The monoisotopic (exact) mass is 174 g/mol. The van der Waals surface area contributed by atoms with Gasteiger partial charge in [-0.05, 0) is 37.5 Å². The van der Waals surface area contributed by atoms with Gasteiger partial charge in [0.15, 0.2) is 0 Å². The molecule has 2 unspecified atom stereocenters. The second-order valence-corrected chi connectivity index (χ2v) is 4.76. The van der Waals surface area contributed by atoms with Crippen LogP contribution >= 0.6 is 11.6 Å². The van der Waals surface area contributed by atoms with E-state index in [0.29, 0.717) is 0 Å². The van der Waals surface area contributed by atoms with Crippen LogP contribution in [0.15, 0.2) is 0 Å². The number of alkyl halides is 1. The molecule has 2 saturated carbocycles. The third-order valence-corrected chi connectivity index (χ3v) is 3.70. The minimum absolute atomic E-state index is 0.215. The highest BCUT2D eigenvalue weighted by Gasteiger charge is 2.63. The van der Waals surface area contributed by atoms with Crippen LogP contribution in [0.3, 0.4) is 0 Å². The summed E-state index contributed by atoms with van der Waals surface area (Å²) in [6.07, 6.45) is 2.76. The first-order valence-corrected chi connectivity index (χ1v) is 5.19. The van der Waals surface area contributed by atoms with Crippen LogP contribution in [0.4, 0.5) is 0 Å². The van der Waals surface area contributed by atoms with Crippen LogP contribution in [0.2, 0.25) is 0 Å². The average Bonchev–Trinajstić information content (AvgIpc) is 2.34. The van der Waals surface area contributed by atoms with Gasteiger partial charge in [0.2, 0.25) is 0 Å². The molecular weight excluding hydrogens is 156 g/mol. The SMILES string of the molecule is CC.CC1CC2C(C1)C2(C)Cl. The molecule has 0 aromatic rings. The van der Waals surface area contributed by atoms with Crippen LogP contribution in [0.25, 0.3) is 0 Å². The van der Waals surface area contributed by atoms with Gasteiger partial charge in [-0.2, -0.15) is 0 Å². The maximum Gasteiger partial charge on any atom is 0.0481 e. The van der Waals surface area contributed by atoms with Crippen molar-refractivity contribution in [1.29, 1.82) is 0 Å². The Balaban J connectivity index is 0.000000281. The molecule has 0 aromatic carbocycles. The van der Waals surface area contributed by atoms with E-state index in [2.05, 4.69) is 13.8 Å². The Morgan fingerprint density at radius 3 is 1.82 bits per heavy atom. The zero-order valence-corrected chi connectivity index (χ0v) is 8.78. The molecule has 0 amide bonds. The number of hydrogen-bond donors (Lipinski definition) is 0. The lowest BCUT2D eigenvalue weighted by Crippen LogP contribution is -2.04. The molecule has 1 heteroatoms. The fraction of sp³-hybridized carbons (Fsp3) is 1.00. The average molecular weight is 175 g/mol. The minimum Gasteiger partial charge on any atom is -0.119 e. The molecule has 11 heavy (non-hydrogen) atoms. The van der Waals surface area contributed by atoms with Crippen LogP contribution in [-0.4, -0.2) is 4.87 Å². The first-order chi connectivity index (χ1) is 5.12. The van der Waals surface area contributed by atoms with Gasteiger partial charge in [0, 0.05) is 4.87 Å². The Morgan fingerprint density at radius 1 is 1.18 bits per heavy atom. The van der Waals surface area contributed by atoms with Gasteiger partial charge in [0.25, 0.3) is 0 Å². The molecule has 2 aliphatic rings. The summed E-state index contributed by atoms with van der Waals surface area (Å²) in [5.41, 5.74) is 0. The van der Waals surface area contributed by atoms with Crippen molar-refractivity contribution in [3.8, 4) is 0 Å². The molecule has 0 bridgehead atoms. The Kier molecular flexibility index (Phi) is 2.53. The Hall–Kier alpha value is 0.290. The van der Waals surface area contributed by atoms with E-state index in [9.17, 15) is 0 Å². The van der Waals surface area contributed by atoms with Crippen LogP contribution in [-0.2, 0) is 0 Å². The Morgan fingerprint density at radius 2 is 1.55 bits per heavy atom. The normalized spacial score (nSPS) is 52.6. The molecule has 66 valence electrons. The maximum absolute atomic E-state index is 6.17. The number of fused-ring (bicyclic) bond motifs is 1. The summed E-state index contributed by atoms with van der Waals surface area (Å²) >= 11 is 6.17. The van der Waals surface area contributed by atoms with E-state index in [0.717, 1.165) is 17.8 Å². The first-order valence-electron chi connectivity index (χ1n) is 4.81. The molecule has 2 aliphatic carbocycles. The van der Waals surface area contributed by atoms with Crippen LogP contribution in [0, 0.1) is 17.8 Å². The van der Waals surface area contributed by atoms with Crippen molar-refractivity contribution in [2.45, 2.75) is 45.4 Å². The summed E-state index contributed by atoms with van der Waals surface area (Å²) < 4.78 is 0. The maximum atomic E-state index is 6.17. The predicted octanol–water partition coefficient (Wildman–Crippen LogP) is 3.69. The van der Waals surface area contributed by atoms with Gasteiger partial charge in [-0.3, -0.25) is 0 Å². The van der Waals surface area contributed by atoms with E-state index in [4.69, 9.17) is 11.6 Å². The second-order valence-electron chi connectivity index (χ2n) is 3.94. The number of halogens is 1. The van der Waals surface area contributed by atoms with E-state index in [1.807, 2.05) is 13.8 Å². The van der Waals surface area contributed by atoms with E-state index in [1.54, 1.807) is 0 Å². The summed E-state index contributed by atoms with van der Waals surface area (Å²) in [6.45, 7) is 8.52. The molecule has 0 aromatic heterocycles. The van der Waals surface area contributed by atoms with Gasteiger partial charge >= 0.3 is 0 Å². The first kappa shape index (κ1) is 9.38. The summed E-state index contributed by atoms with van der Waals surface area (Å²) in [6, 6.07) is 0. The lowest BCUT2D eigenvalue weighted by atomic mass is 10.0. The molecular formula is C10H19Cl. The van der Waals surface area contributed by atoms with Crippen molar-refractivity contribution in [3.05, 3.63) is 0 Å². The molecule has 0 saturated heterocycles. The van der Waals surface area contributed by atoms with E-state index in [-0.39, 0.29) is 4.87 Å². The molecule has 0 radical (unpaired) electrons. The van der Waals surface area contributed by atoms with Crippen LogP contribution < -0.4 is 0 Å². The summed E-state index contributed by atoms with van der Waals surface area (Å²) in [4.78, 5) is 0.215. The van der Waals surface area contributed by atoms with E-state index >= 15 is 0 Å². The van der Waals surface area contributed by atoms with Gasteiger partial charge in [-0.15, -0.1) is 11.6 Å². The summed E-state index contributed by atoms with van der Waals surface area (Å²) in [5.74, 6) is 2.69. The molecule has 0 heterocycles.